The minimum absolute atomic E-state index is 0.257. The Labute approximate surface area is 213 Å². The standard InChI is InChI=1S/C29H31N3O3S/c1-20-14-21(2)29(22(3)15-20)36(33,34)31-23(4)17-32-18-25(12-13-30)27-16-26(10-11-28(27)32)35-19-24-8-6-5-7-9-24/h5-11,14-16,18,23,31H,12,17,19H2,1-4H3. The van der Waals surface area contributed by atoms with Crippen LogP contribution in [0.1, 0.15) is 34.7 Å². The van der Waals surface area contributed by atoms with E-state index in [1.165, 1.54) is 0 Å². The van der Waals surface area contributed by atoms with Crippen LogP contribution >= 0.6 is 0 Å². The molecule has 186 valence electrons. The van der Waals surface area contributed by atoms with Crippen LogP contribution in [0, 0.1) is 32.1 Å². The first-order valence-electron chi connectivity index (χ1n) is 11.9. The molecule has 0 aliphatic carbocycles. The molecule has 4 rings (SSSR count). The summed E-state index contributed by atoms with van der Waals surface area (Å²) in [4.78, 5) is 0.336. The number of hydrogen-bond acceptors (Lipinski definition) is 4. The maximum absolute atomic E-state index is 13.2. The van der Waals surface area contributed by atoms with Gasteiger partial charge in [-0.05, 0) is 68.1 Å². The molecule has 4 aromatic rings. The third kappa shape index (κ3) is 5.62. The van der Waals surface area contributed by atoms with Gasteiger partial charge in [-0.1, -0.05) is 48.0 Å². The van der Waals surface area contributed by atoms with Gasteiger partial charge < -0.3 is 9.30 Å². The molecular formula is C29H31N3O3S. The molecule has 0 fully saturated rings. The minimum Gasteiger partial charge on any atom is -0.489 e. The molecule has 1 aromatic heterocycles. The molecule has 1 heterocycles. The van der Waals surface area contributed by atoms with Gasteiger partial charge in [0.05, 0.1) is 17.4 Å². The molecule has 0 spiro atoms. The second-order valence-electron chi connectivity index (χ2n) is 9.34. The van der Waals surface area contributed by atoms with Crippen molar-refractivity contribution in [1.82, 2.24) is 9.29 Å². The Kier molecular flexibility index (Phi) is 7.48. The maximum atomic E-state index is 13.2. The van der Waals surface area contributed by atoms with E-state index >= 15 is 0 Å². The number of nitrogens with one attached hydrogen (secondary N) is 1. The second-order valence-corrected chi connectivity index (χ2v) is 11.0. The lowest BCUT2D eigenvalue weighted by Crippen LogP contribution is -2.36. The minimum atomic E-state index is -3.69. The topological polar surface area (TPSA) is 84.1 Å². The Morgan fingerprint density at radius 1 is 1.03 bits per heavy atom. The SMILES string of the molecule is Cc1cc(C)c(S(=O)(=O)NC(C)Cn2cc(CC#N)c3cc(OCc4ccccc4)ccc32)c(C)c1. The van der Waals surface area contributed by atoms with Gasteiger partial charge in [-0.15, -0.1) is 0 Å². The van der Waals surface area contributed by atoms with Gasteiger partial charge in [0.25, 0.3) is 0 Å². The fourth-order valence-electron chi connectivity index (χ4n) is 4.80. The van der Waals surface area contributed by atoms with E-state index in [0.717, 1.165) is 44.5 Å². The number of nitriles is 1. The number of rotatable bonds is 9. The third-order valence-electron chi connectivity index (χ3n) is 6.15. The first kappa shape index (κ1) is 25.5. The van der Waals surface area contributed by atoms with Crippen LogP contribution in [0.15, 0.2) is 71.8 Å². The highest BCUT2D eigenvalue weighted by Crippen LogP contribution is 2.28. The Hall–Kier alpha value is -3.60. The Morgan fingerprint density at radius 2 is 1.72 bits per heavy atom. The van der Waals surface area contributed by atoms with Crippen LogP contribution in [0.2, 0.25) is 0 Å². The van der Waals surface area contributed by atoms with E-state index in [2.05, 4.69) is 10.8 Å². The van der Waals surface area contributed by atoms with Gasteiger partial charge in [-0.3, -0.25) is 0 Å². The van der Waals surface area contributed by atoms with Gasteiger partial charge in [-0.2, -0.15) is 5.26 Å². The number of benzene rings is 3. The highest BCUT2D eigenvalue weighted by Gasteiger charge is 2.23. The van der Waals surface area contributed by atoms with Gasteiger partial charge in [0.15, 0.2) is 0 Å². The first-order chi connectivity index (χ1) is 17.2. The second kappa shape index (κ2) is 10.6. The largest absolute Gasteiger partial charge is 0.489 e. The molecule has 7 heteroatoms. The van der Waals surface area contributed by atoms with Crippen molar-refractivity contribution in [2.24, 2.45) is 0 Å². The van der Waals surface area contributed by atoms with Gasteiger partial charge in [-0.25, -0.2) is 13.1 Å². The third-order valence-corrected chi connectivity index (χ3v) is 8.05. The average Bonchev–Trinajstić information content (AvgIpc) is 3.13. The van der Waals surface area contributed by atoms with Crippen molar-refractivity contribution in [3.8, 4) is 11.8 Å². The molecule has 0 aliphatic rings. The smallest absolute Gasteiger partial charge is 0.241 e. The molecule has 1 unspecified atom stereocenters. The summed E-state index contributed by atoms with van der Waals surface area (Å²) >= 11 is 0. The number of hydrogen-bond donors (Lipinski definition) is 1. The molecule has 3 aromatic carbocycles. The molecule has 0 bridgehead atoms. The Bertz CT molecular complexity index is 1510. The summed E-state index contributed by atoms with van der Waals surface area (Å²) in [6.45, 7) is 8.34. The van der Waals surface area contributed by atoms with E-state index in [1.54, 1.807) is 0 Å². The van der Waals surface area contributed by atoms with Crippen LogP contribution < -0.4 is 9.46 Å². The number of fused-ring (bicyclic) bond motifs is 1. The summed E-state index contributed by atoms with van der Waals surface area (Å²) in [6.07, 6.45) is 2.19. The van der Waals surface area contributed by atoms with Crippen molar-refractivity contribution < 1.29 is 13.2 Å². The summed E-state index contributed by atoms with van der Waals surface area (Å²) in [5, 5.41) is 10.3. The summed E-state index contributed by atoms with van der Waals surface area (Å²) < 4.78 is 37.3. The number of ether oxygens (including phenoxy) is 1. The number of aryl methyl sites for hydroxylation is 3. The predicted molar refractivity (Wildman–Crippen MR) is 142 cm³/mol. The van der Waals surface area contributed by atoms with Gasteiger partial charge in [0.1, 0.15) is 12.4 Å². The van der Waals surface area contributed by atoms with Crippen molar-refractivity contribution in [2.75, 3.05) is 0 Å². The van der Waals surface area contributed by atoms with E-state index in [1.807, 2.05) is 99.1 Å². The summed E-state index contributed by atoms with van der Waals surface area (Å²) in [5.74, 6) is 0.724. The summed E-state index contributed by atoms with van der Waals surface area (Å²) in [5.41, 5.74) is 5.40. The molecular weight excluding hydrogens is 470 g/mol. The summed E-state index contributed by atoms with van der Waals surface area (Å²) in [7, 11) is -3.69. The van der Waals surface area contributed by atoms with Crippen LogP contribution in [0.4, 0.5) is 0 Å². The van der Waals surface area contributed by atoms with E-state index in [-0.39, 0.29) is 12.5 Å². The monoisotopic (exact) mass is 501 g/mol. The van der Waals surface area contributed by atoms with E-state index < -0.39 is 10.0 Å². The van der Waals surface area contributed by atoms with Gasteiger partial charge in [0.2, 0.25) is 10.0 Å². The quantitative estimate of drug-likeness (QED) is 0.325. The van der Waals surface area contributed by atoms with E-state index in [4.69, 9.17) is 4.74 Å². The highest BCUT2D eigenvalue weighted by atomic mass is 32.2. The summed E-state index contributed by atoms with van der Waals surface area (Å²) in [6, 6.07) is 21.4. The van der Waals surface area contributed by atoms with Crippen molar-refractivity contribution >= 4 is 20.9 Å². The molecule has 1 atom stereocenters. The fraction of sp³-hybridized carbons (Fsp3) is 0.276. The lowest BCUT2D eigenvalue weighted by atomic mass is 10.1. The Balaban J connectivity index is 1.56. The molecule has 0 saturated carbocycles. The van der Waals surface area contributed by atoms with Crippen LogP contribution in [-0.4, -0.2) is 19.0 Å². The lowest BCUT2D eigenvalue weighted by Gasteiger charge is -2.18. The van der Waals surface area contributed by atoms with Crippen LogP contribution in [0.3, 0.4) is 0 Å². The molecule has 0 amide bonds. The molecule has 1 N–H and O–H groups in total. The van der Waals surface area contributed by atoms with Gasteiger partial charge in [0, 0.05) is 29.7 Å². The van der Waals surface area contributed by atoms with Gasteiger partial charge >= 0.3 is 0 Å². The van der Waals surface area contributed by atoms with Crippen molar-refractivity contribution in [1.29, 1.82) is 5.26 Å². The number of aromatic nitrogens is 1. The van der Waals surface area contributed by atoms with Crippen molar-refractivity contribution in [2.45, 2.75) is 58.2 Å². The Morgan fingerprint density at radius 3 is 2.39 bits per heavy atom. The van der Waals surface area contributed by atoms with Crippen LogP contribution in [0.5, 0.6) is 5.75 Å². The van der Waals surface area contributed by atoms with E-state index in [9.17, 15) is 13.7 Å². The fourth-order valence-corrected chi connectivity index (χ4v) is 6.49. The molecule has 0 radical (unpaired) electrons. The molecule has 6 nitrogen and oxygen atoms in total. The predicted octanol–water partition coefficient (Wildman–Crippen LogP) is 5.58. The van der Waals surface area contributed by atoms with Crippen LogP contribution in [0.25, 0.3) is 10.9 Å². The molecule has 0 aliphatic heterocycles. The normalized spacial score (nSPS) is 12.4. The van der Waals surface area contributed by atoms with Crippen molar-refractivity contribution in [3.05, 3.63) is 94.7 Å². The average molecular weight is 502 g/mol. The van der Waals surface area contributed by atoms with E-state index in [0.29, 0.717) is 18.0 Å². The first-order valence-corrected chi connectivity index (χ1v) is 13.4. The number of nitrogens with zero attached hydrogens (tertiary/aromatic N) is 2. The highest BCUT2D eigenvalue weighted by molar-refractivity contribution is 7.89. The van der Waals surface area contributed by atoms with Crippen LogP contribution in [-0.2, 0) is 29.6 Å². The zero-order valence-electron chi connectivity index (χ0n) is 21.1. The molecule has 36 heavy (non-hydrogen) atoms. The lowest BCUT2D eigenvalue weighted by molar-refractivity contribution is 0.306. The van der Waals surface area contributed by atoms with Crippen molar-refractivity contribution in [3.63, 3.8) is 0 Å². The zero-order chi connectivity index (χ0) is 25.9. The number of sulfonamides is 1. The molecule has 0 saturated heterocycles. The zero-order valence-corrected chi connectivity index (χ0v) is 21.9. The maximum Gasteiger partial charge on any atom is 0.241 e.